The number of morpholine rings is 1. The number of nitrogens with two attached hydrogens (primary N) is 1. The second kappa shape index (κ2) is 7.08. The molecule has 3 aliphatic heterocycles. The number of alkyl halides is 3. The van der Waals surface area contributed by atoms with Gasteiger partial charge in [-0.2, -0.15) is 23.3 Å². The van der Waals surface area contributed by atoms with Crippen LogP contribution in [-0.4, -0.2) is 66.2 Å². The summed E-state index contributed by atoms with van der Waals surface area (Å²) in [5, 5.41) is 7.69. The van der Waals surface area contributed by atoms with Crippen molar-refractivity contribution in [3.05, 3.63) is 16.4 Å². The monoisotopic (exact) mass is 399 g/mol. The molecule has 0 aromatic carbocycles. The number of ether oxygens (including phenoxy) is 1. The molecule has 1 aromatic heterocycles. The van der Waals surface area contributed by atoms with Crippen LogP contribution in [0.15, 0.2) is 21.1 Å². The van der Waals surface area contributed by atoms with E-state index in [9.17, 15) is 18.0 Å². The SMILES string of the molecule is N/C1=N\N=C/C[C@@H]2COCCN2c2cc(=O)n3c(n2)N(C1)[C@H](C(F)(F)F)CC3. The van der Waals surface area contributed by atoms with Crippen LogP contribution in [0, 0.1) is 0 Å². The molecule has 4 rings (SSSR count). The Balaban J connectivity index is 1.87. The molecule has 2 atom stereocenters. The van der Waals surface area contributed by atoms with Gasteiger partial charge < -0.3 is 20.3 Å². The predicted octanol–water partition coefficient (Wildman–Crippen LogP) is 0.336. The van der Waals surface area contributed by atoms with Gasteiger partial charge >= 0.3 is 6.18 Å². The maximum Gasteiger partial charge on any atom is 0.408 e. The summed E-state index contributed by atoms with van der Waals surface area (Å²) in [6.07, 6.45) is -2.75. The molecular formula is C16H20F3N7O2. The number of hydrogen-bond acceptors (Lipinski definition) is 8. The highest BCUT2D eigenvalue weighted by Gasteiger charge is 2.47. The molecule has 2 N–H and O–H groups in total. The largest absolute Gasteiger partial charge is 0.408 e. The Morgan fingerprint density at radius 1 is 1.25 bits per heavy atom. The number of nitrogens with zero attached hydrogens (tertiary/aromatic N) is 6. The number of anilines is 2. The third-order valence-corrected chi connectivity index (χ3v) is 5.11. The molecule has 2 bridgehead atoms. The van der Waals surface area contributed by atoms with Crippen LogP contribution in [0.25, 0.3) is 0 Å². The average molecular weight is 399 g/mol. The van der Waals surface area contributed by atoms with Crippen LogP contribution in [0.2, 0.25) is 0 Å². The van der Waals surface area contributed by atoms with E-state index in [-0.39, 0.29) is 37.3 Å². The van der Waals surface area contributed by atoms with E-state index in [1.165, 1.54) is 10.6 Å². The fraction of sp³-hybridized carbons (Fsp3) is 0.625. The Morgan fingerprint density at radius 3 is 2.86 bits per heavy atom. The van der Waals surface area contributed by atoms with E-state index in [2.05, 4.69) is 15.2 Å². The van der Waals surface area contributed by atoms with Crippen LogP contribution in [0.1, 0.15) is 12.8 Å². The molecule has 0 unspecified atom stereocenters. The molecule has 28 heavy (non-hydrogen) atoms. The Kier molecular flexibility index (Phi) is 4.73. The van der Waals surface area contributed by atoms with Gasteiger partial charge in [0.15, 0.2) is 0 Å². The van der Waals surface area contributed by atoms with Crippen molar-refractivity contribution in [2.45, 2.75) is 37.6 Å². The number of aromatic nitrogens is 2. The first kappa shape index (κ1) is 18.7. The number of halogens is 3. The minimum Gasteiger partial charge on any atom is -0.384 e. The van der Waals surface area contributed by atoms with E-state index < -0.39 is 17.8 Å². The van der Waals surface area contributed by atoms with Crippen molar-refractivity contribution in [2.75, 3.05) is 36.1 Å². The highest BCUT2D eigenvalue weighted by Crippen LogP contribution is 2.34. The zero-order valence-corrected chi connectivity index (χ0v) is 15.0. The fourth-order valence-electron chi connectivity index (χ4n) is 3.77. The lowest BCUT2D eigenvalue weighted by Crippen LogP contribution is -2.55. The van der Waals surface area contributed by atoms with E-state index in [0.29, 0.717) is 32.0 Å². The normalized spacial score (nSPS) is 28.5. The van der Waals surface area contributed by atoms with Crippen LogP contribution in [0.4, 0.5) is 24.9 Å². The van der Waals surface area contributed by atoms with E-state index in [1.54, 1.807) is 6.21 Å². The number of fused-ring (bicyclic) bond motifs is 3. The van der Waals surface area contributed by atoms with Crippen LogP contribution >= 0.6 is 0 Å². The fourth-order valence-corrected chi connectivity index (χ4v) is 3.77. The lowest BCUT2D eigenvalue weighted by Gasteiger charge is -2.40. The first-order valence-corrected chi connectivity index (χ1v) is 8.98. The standard InChI is InChI=1S/C16H20F3N7O2/c17-16(18,19)11-2-4-25-14(27)7-13-22-15(25)26(11)8-12(20)23-21-3-1-10-9-28-6-5-24(10)13/h3,7,10-11H,1-2,4-6,8-9H2,(H2,20,23)/b21-3-/t10-,11+/m1/s1. The maximum absolute atomic E-state index is 13.7. The highest BCUT2D eigenvalue weighted by atomic mass is 19.4. The van der Waals surface area contributed by atoms with Crippen LogP contribution in [-0.2, 0) is 11.3 Å². The van der Waals surface area contributed by atoms with Crippen LogP contribution < -0.4 is 21.1 Å². The molecule has 0 saturated carbocycles. The molecule has 0 aliphatic carbocycles. The van der Waals surface area contributed by atoms with Gasteiger partial charge in [-0.3, -0.25) is 9.36 Å². The lowest BCUT2D eigenvalue weighted by atomic mass is 10.1. The molecule has 152 valence electrons. The summed E-state index contributed by atoms with van der Waals surface area (Å²) in [5.41, 5.74) is 5.42. The minimum absolute atomic E-state index is 0.0518. The zero-order valence-electron chi connectivity index (χ0n) is 15.0. The molecular weight excluding hydrogens is 379 g/mol. The number of rotatable bonds is 0. The maximum atomic E-state index is 13.7. The summed E-state index contributed by atoms with van der Waals surface area (Å²) >= 11 is 0. The highest BCUT2D eigenvalue weighted by molar-refractivity contribution is 5.85. The summed E-state index contributed by atoms with van der Waals surface area (Å²) in [4.78, 5) is 20.0. The van der Waals surface area contributed by atoms with Gasteiger partial charge in [0.05, 0.1) is 25.8 Å². The van der Waals surface area contributed by atoms with Crippen LogP contribution in [0.3, 0.4) is 0 Å². The lowest BCUT2D eigenvalue weighted by molar-refractivity contribution is -0.152. The summed E-state index contributed by atoms with van der Waals surface area (Å²) in [6.45, 7) is 0.907. The summed E-state index contributed by atoms with van der Waals surface area (Å²) < 4.78 is 47.7. The van der Waals surface area contributed by atoms with E-state index >= 15 is 0 Å². The third kappa shape index (κ3) is 3.43. The van der Waals surface area contributed by atoms with Gasteiger partial charge in [0.1, 0.15) is 17.7 Å². The number of amidine groups is 1. The van der Waals surface area contributed by atoms with Crippen molar-refractivity contribution in [1.82, 2.24) is 9.55 Å². The van der Waals surface area contributed by atoms with Crippen molar-refractivity contribution in [2.24, 2.45) is 15.9 Å². The molecule has 1 aromatic rings. The molecule has 1 fully saturated rings. The van der Waals surface area contributed by atoms with Crippen molar-refractivity contribution in [3.8, 4) is 0 Å². The third-order valence-electron chi connectivity index (χ3n) is 5.11. The van der Waals surface area contributed by atoms with Gasteiger partial charge in [0.2, 0.25) is 5.95 Å². The molecule has 0 amide bonds. The number of hydrogen-bond donors (Lipinski definition) is 1. The quantitative estimate of drug-likeness (QED) is 0.675. The molecule has 4 heterocycles. The Hall–Kier alpha value is -2.63. The molecule has 0 spiro atoms. The van der Waals surface area contributed by atoms with E-state index in [1.807, 2.05) is 4.90 Å². The van der Waals surface area contributed by atoms with Gasteiger partial charge in [-0.15, -0.1) is 5.10 Å². The van der Waals surface area contributed by atoms with Gasteiger partial charge in [-0.25, -0.2) is 0 Å². The van der Waals surface area contributed by atoms with Gasteiger partial charge in [-0.05, 0) is 6.42 Å². The molecule has 1 saturated heterocycles. The van der Waals surface area contributed by atoms with Crippen molar-refractivity contribution in [3.63, 3.8) is 0 Å². The van der Waals surface area contributed by atoms with Crippen molar-refractivity contribution < 1.29 is 17.9 Å². The second-order valence-corrected chi connectivity index (χ2v) is 6.93. The smallest absolute Gasteiger partial charge is 0.384 e. The Morgan fingerprint density at radius 2 is 2.07 bits per heavy atom. The minimum atomic E-state index is -4.50. The van der Waals surface area contributed by atoms with Gasteiger partial charge in [0.25, 0.3) is 5.56 Å². The van der Waals surface area contributed by atoms with Gasteiger partial charge in [0, 0.05) is 31.8 Å². The molecule has 9 nitrogen and oxygen atoms in total. The summed E-state index contributed by atoms with van der Waals surface area (Å²) in [7, 11) is 0. The molecule has 12 heteroatoms. The van der Waals surface area contributed by atoms with Crippen molar-refractivity contribution >= 4 is 23.8 Å². The Labute approximate surface area is 158 Å². The Bertz CT molecular complexity index is 867. The predicted molar refractivity (Wildman–Crippen MR) is 97.0 cm³/mol. The molecule has 3 aliphatic rings. The van der Waals surface area contributed by atoms with E-state index in [0.717, 1.165) is 4.90 Å². The van der Waals surface area contributed by atoms with E-state index in [4.69, 9.17) is 10.5 Å². The first-order chi connectivity index (χ1) is 13.3. The zero-order chi connectivity index (χ0) is 19.9. The van der Waals surface area contributed by atoms with Crippen molar-refractivity contribution in [1.29, 1.82) is 0 Å². The molecule has 0 radical (unpaired) electrons. The first-order valence-electron chi connectivity index (χ1n) is 8.98. The second-order valence-electron chi connectivity index (χ2n) is 6.93. The topological polar surface area (TPSA) is 101 Å². The summed E-state index contributed by atoms with van der Waals surface area (Å²) in [5.74, 6) is 0.196. The average Bonchev–Trinajstić information content (AvgIpc) is 2.64. The summed E-state index contributed by atoms with van der Waals surface area (Å²) in [6, 6.07) is -0.594. The van der Waals surface area contributed by atoms with Crippen LogP contribution in [0.5, 0.6) is 0 Å². The van der Waals surface area contributed by atoms with Gasteiger partial charge in [-0.1, -0.05) is 0 Å².